The third kappa shape index (κ3) is 3.62. The molecule has 0 spiro atoms. The van der Waals surface area contributed by atoms with Gasteiger partial charge in [-0.3, -0.25) is 14.4 Å². The van der Waals surface area contributed by atoms with Crippen molar-refractivity contribution in [2.75, 3.05) is 0 Å². The van der Waals surface area contributed by atoms with Gasteiger partial charge in [-0.25, -0.2) is 0 Å². The number of carboxylic acid groups (broad SMARTS) is 1. The predicted molar refractivity (Wildman–Crippen MR) is 84.7 cm³/mol. The Morgan fingerprint density at radius 1 is 0.967 bits per heavy atom. The Balaban J connectivity index is 1.92. The largest absolute Gasteiger partial charge is 0.481 e. The highest BCUT2D eigenvalue weighted by Gasteiger charge is 2.76. The van der Waals surface area contributed by atoms with Gasteiger partial charge in [-0.05, 0) is 49.9 Å². The first-order valence-electron chi connectivity index (χ1n) is 9.36. The van der Waals surface area contributed by atoms with E-state index >= 15 is 0 Å². The number of hydrogen-bond acceptors (Lipinski definition) is 5. The molecule has 6 nitrogen and oxygen atoms in total. The summed E-state index contributed by atoms with van der Waals surface area (Å²) in [7, 11) is 0. The lowest BCUT2D eigenvalue weighted by Crippen LogP contribution is -2.64. The summed E-state index contributed by atoms with van der Waals surface area (Å²) in [5.74, 6) is -5.53. The number of ether oxygens (including phenoxy) is 2. The van der Waals surface area contributed by atoms with Gasteiger partial charge in [-0.1, -0.05) is 0 Å². The number of carboxylic acids is 1. The van der Waals surface area contributed by atoms with Crippen LogP contribution in [0.15, 0.2) is 0 Å². The van der Waals surface area contributed by atoms with Crippen LogP contribution in [-0.4, -0.2) is 47.1 Å². The van der Waals surface area contributed by atoms with E-state index in [2.05, 4.69) is 4.74 Å². The quantitative estimate of drug-likeness (QED) is 0.513. The summed E-state index contributed by atoms with van der Waals surface area (Å²) in [5, 5.41) is 8.70. The molecule has 4 rings (SSSR count). The first-order valence-corrected chi connectivity index (χ1v) is 9.36. The second-order valence-corrected chi connectivity index (χ2v) is 8.61. The second-order valence-electron chi connectivity index (χ2n) is 8.61. The van der Waals surface area contributed by atoms with Crippen molar-refractivity contribution in [3.63, 3.8) is 0 Å². The van der Waals surface area contributed by atoms with Crippen LogP contribution in [0.3, 0.4) is 0 Å². The van der Waals surface area contributed by atoms with Crippen LogP contribution in [0.2, 0.25) is 0 Å². The normalized spacial score (nSPS) is 33.3. The van der Waals surface area contributed by atoms with Gasteiger partial charge < -0.3 is 14.6 Å². The molecule has 0 radical (unpaired) electrons. The Morgan fingerprint density at radius 3 is 1.87 bits per heavy atom. The van der Waals surface area contributed by atoms with E-state index < -0.39 is 53.8 Å². The van der Waals surface area contributed by atoms with Gasteiger partial charge in [0.05, 0.1) is 5.41 Å². The lowest BCUT2D eigenvalue weighted by atomic mass is 9.48. The molecule has 4 fully saturated rings. The van der Waals surface area contributed by atoms with Crippen LogP contribution in [0.25, 0.3) is 0 Å². The minimum Gasteiger partial charge on any atom is -0.481 e. The average Bonchev–Trinajstić information content (AvgIpc) is 2.54. The minimum atomic E-state index is -6.18. The van der Waals surface area contributed by atoms with Crippen LogP contribution < -0.4 is 0 Å². The molecule has 12 heteroatoms. The molecule has 30 heavy (non-hydrogen) atoms. The Hall–Kier alpha value is -2.01. The fraction of sp³-hybridized carbons (Fsp3) is 0.833. The van der Waals surface area contributed by atoms with E-state index in [1.165, 1.54) is 6.92 Å². The van der Waals surface area contributed by atoms with Crippen molar-refractivity contribution in [3.8, 4) is 0 Å². The maximum Gasteiger partial charge on any atom is 0.438 e. The summed E-state index contributed by atoms with van der Waals surface area (Å²) < 4.78 is 90.1. The molecule has 4 bridgehead atoms. The van der Waals surface area contributed by atoms with Gasteiger partial charge in [-0.2, -0.15) is 26.3 Å². The van der Waals surface area contributed by atoms with Crippen molar-refractivity contribution < 1.29 is 55.3 Å². The van der Waals surface area contributed by atoms with E-state index in [4.69, 9.17) is 9.84 Å². The summed E-state index contributed by atoms with van der Waals surface area (Å²) in [6.07, 6.45) is -14.4. The number of esters is 2. The maximum absolute atomic E-state index is 13.5. The van der Waals surface area contributed by atoms with Crippen LogP contribution in [0.5, 0.6) is 0 Å². The molecule has 0 aromatic heterocycles. The Kier molecular flexibility index (Phi) is 5.30. The summed E-state index contributed by atoms with van der Waals surface area (Å²) in [4.78, 5) is 35.0. The molecular weight excluding hydrogens is 426 g/mol. The summed E-state index contributed by atoms with van der Waals surface area (Å²) in [6.45, 7) is 1.20. The zero-order valence-corrected chi connectivity index (χ0v) is 15.8. The molecule has 2 unspecified atom stereocenters. The molecule has 4 aliphatic rings. The van der Waals surface area contributed by atoms with Crippen LogP contribution in [0.1, 0.15) is 45.4 Å². The number of hydrogen-bond donors (Lipinski definition) is 1. The van der Waals surface area contributed by atoms with Gasteiger partial charge >= 0.3 is 35.9 Å². The van der Waals surface area contributed by atoms with Gasteiger partial charge in [0, 0.05) is 6.92 Å². The molecule has 0 aliphatic heterocycles. The van der Waals surface area contributed by atoms with Gasteiger partial charge in [0.1, 0.15) is 12.5 Å². The van der Waals surface area contributed by atoms with Gasteiger partial charge in [0.15, 0.2) is 0 Å². The number of aliphatic carboxylic acids is 1. The summed E-state index contributed by atoms with van der Waals surface area (Å²) >= 11 is 0. The molecule has 2 atom stereocenters. The first-order chi connectivity index (χ1) is 13.6. The van der Waals surface area contributed by atoms with Crippen LogP contribution >= 0.6 is 0 Å². The van der Waals surface area contributed by atoms with E-state index in [1.807, 2.05) is 0 Å². The van der Waals surface area contributed by atoms with Crippen molar-refractivity contribution in [3.05, 3.63) is 0 Å². The highest BCUT2D eigenvalue weighted by molar-refractivity contribution is 5.79. The molecule has 0 saturated heterocycles. The van der Waals surface area contributed by atoms with Crippen molar-refractivity contribution in [2.45, 2.75) is 69.5 Å². The Bertz CT molecular complexity index is 714. The topological polar surface area (TPSA) is 89.9 Å². The van der Waals surface area contributed by atoms with Gasteiger partial charge in [0.25, 0.3) is 0 Å². The van der Waals surface area contributed by atoms with Gasteiger partial charge in [-0.15, -0.1) is 0 Å². The van der Waals surface area contributed by atoms with E-state index in [0.29, 0.717) is 12.8 Å². The van der Waals surface area contributed by atoms with Crippen molar-refractivity contribution in [2.24, 2.45) is 23.2 Å². The monoisotopic (exact) mass is 446 g/mol. The third-order valence-corrected chi connectivity index (χ3v) is 6.50. The van der Waals surface area contributed by atoms with Crippen molar-refractivity contribution in [1.82, 2.24) is 0 Å². The highest BCUT2D eigenvalue weighted by atomic mass is 19.4. The minimum absolute atomic E-state index is 0.0600. The van der Waals surface area contributed by atoms with Crippen molar-refractivity contribution >= 4 is 17.9 Å². The molecule has 1 N–H and O–H groups in total. The Morgan fingerprint density at radius 2 is 1.47 bits per heavy atom. The maximum atomic E-state index is 13.5. The fourth-order valence-electron chi connectivity index (χ4n) is 5.60. The number of halogens is 6. The number of alkyl halides is 6. The van der Waals surface area contributed by atoms with Crippen LogP contribution in [0, 0.1) is 23.2 Å². The molecule has 4 saturated carbocycles. The van der Waals surface area contributed by atoms with Gasteiger partial charge in [0.2, 0.25) is 0 Å². The highest BCUT2D eigenvalue weighted by Crippen LogP contribution is 2.62. The molecule has 0 aromatic rings. The van der Waals surface area contributed by atoms with Crippen LogP contribution in [0.4, 0.5) is 26.3 Å². The van der Waals surface area contributed by atoms with E-state index in [1.54, 1.807) is 0 Å². The lowest BCUT2D eigenvalue weighted by molar-refractivity contribution is -0.372. The average molecular weight is 446 g/mol. The fourth-order valence-corrected chi connectivity index (χ4v) is 5.60. The molecule has 170 valence electrons. The summed E-state index contributed by atoms with van der Waals surface area (Å²) in [5.41, 5.74) is -6.73. The predicted octanol–water partition coefficient (Wildman–Crippen LogP) is 3.63. The third-order valence-electron chi connectivity index (χ3n) is 6.50. The standard InChI is InChI=1S/C18H20F6O6/c1-8(25)29-13-10-2-9-3-11(13)6-15(4-9,5-10)14(28)30-16(7-12(26)27,17(19,20)21)18(22,23)24/h9-11,13H,2-7H2,1H3,(H,26,27). The molecule has 0 aromatic carbocycles. The number of carbonyl (C=O) groups is 3. The van der Waals surface area contributed by atoms with Crippen molar-refractivity contribution in [1.29, 1.82) is 0 Å². The smallest absolute Gasteiger partial charge is 0.438 e. The second kappa shape index (κ2) is 7.01. The SMILES string of the molecule is CC(=O)OC1C2CC3CC1CC(C(=O)OC(CC(=O)O)(C(F)(F)F)C(F)(F)F)(C3)C2. The molecular formula is C18H20F6O6. The molecule has 0 heterocycles. The first kappa shape index (κ1) is 22.7. The number of rotatable bonds is 5. The van der Waals surface area contributed by atoms with Crippen LogP contribution in [-0.2, 0) is 23.9 Å². The molecule has 4 aliphatic carbocycles. The zero-order valence-electron chi connectivity index (χ0n) is 15.8. The van der Waals surface area contributed by atoms with E-state index in [9.17, 15) is 40.7 Å². The zero-order chi connectivity index (χ0) is 22.7. The molecule has 0 amide bonds. The Labute approximate surface area is 166 Å². The van der Waals surface area contributed by atoms with E-state index in [-0.39, 0.29) is 37.0 Å². The number of carbonyl (C=O) groups excluding carboxylic acids is 2. The lowest BCUT2D eigenvalue weighted by Gasteiger charge is -2.58. The summed E-state index contributed by atoms with van der Waals surface area (Å²) in [6, 6.07) is 0. The van der Waals surface area contributed by atoms with E-state index in [0.717, 1.165) is 0 Å².